The monoisotopic (exact) mass is 394 g/mol. The predicted octanol–water partition coefficient (Wildman–Crippen LogP) is 2.12. The topological polar surface area (TPSA) is 66.4 Å². The molecule has 0 bridgehead atoms. The van der Waals surface area contributed by atoms with Crippen LogP contribution in [0.25, 0.3) is 0 Å². The molecule has 29 heavy (non-hydrogen) atoms. The molecule has 0 aromatic heterocycles. The zero-order valence-electron chi connectivity index (χ0n) is 16.4. The van der Waals surface area contributed by atoms with E-state index in [0.717, 1.165) is 44.0 Å². The number of carbonyl (C=O) groups is 1. The third kappa shape index (κ3) is 5.26. The SMILES string of the molecule is O=C(CCN1CCN(c2ccccc2)CC1)NN=Cc1ccc2c(c1)OCCO2. The van der Waals surface area contributed by atoms with Crippen LogP contribution >= 0.6 is 0 Å². The lowest BCUT2D eigenvalue weighted by molar-refractivity contribution is -0.121. The highest BCUT2D eigenvalue weighted by molar-refractivity contribution is 5.83. The number of nitrogens with one attached hydrogen (secondary N) is 1. The van der Waals surface area contributed by atoms with E-state index in [1.165, 1.54) is 5.69 Å². The van der Waals surface area contributed by atoms with Gasteiger partial charge in [-0.15, -0.1) is 0 Å². The third-order valence-electron chi connectivity index (χ3n) is 5.12. The molecule has 1 amide bonds. The lowest BCUT2D eigenvalue weighted by atomic mass is 10.2. The summed E-state index contributed by atoms with van der Waals surface area (Å²) in [5.74, 6) is 1.37. The minimum absolute atomic E-state index is 0.0794. The number of hydrazone groups is 1. The molecule has 152 valence electrons. The van der Waals surface area contributed by atoms with Gasteiger partial charge < -0.3 is 14.4 Å². The largest absolute Gasteiger partial charge is 0.486 e. The number of nitrogens with zero attached hydrogens (tertiary/aromatic N) is 3. The standard InChI is InChI=1S/C22H26N4O3/c27-22(24-23-17-18-6-7-20-21(16-18)29-15-14-28-20)8-9-25-10-12-26(13-11-25)19-4-2-1-3-5-19/h1-7,16-17H,8-15H2,(H,24,27). The fourth-order valence-electron chi connectivity index (χ4n) is 3.50. The molecule has 2 aliphatic rings. The van der Waals surface area contributed by atoms with Crippen molar-refractivity contribution in [2.75, 3.05) is 50.8 Å². The maximum atomic E-state index is 12.1. The highest BCUT2D eigenvalue weighted by atomic mass is 16.6. The van der Waals surface area contributed by atoms with Crippen molar-refractivity contribution in [2.45, 2.75) is 6.42 Å². The molecule has 2 aromatic carbocycles. The first-order chi connectivity index (χ1) is 14.3. The minimum Gasteiger partial charge on any atom is -0.486 e. The second-order valence-corrected chi connectivity index (χ2v) is 7.11. The van der Waals surface area contributed by atoms with E-state index >= 15 is 0 Å². The van der Waals surface area contributed by atoms with Crippen LogP contribution < -0.4 is 19.8 Å². The fourth-order valence-corrected chi connectivity index (χ4v) is 3.50. The number of amides is 1. The van der Waals surface area contributed by atoms with Crippen LogP contribution in [0.4, 0.5) is 5.69 Å². The number of hydrogen-bond donors (Lipinski definition) is 1. The minimum atomic E-state index is -0.0794. The smallest absolute Gasteiger partial charge is 0.241 e. The van der Waals surface area contributed by atoms with Gasteiger partial charge in [0.2, 0.25) is 5.91 Å². The number of carbonyl (C=O) groups excluding carboxylic acids is 1. The molecule has 7 nitrogen and oxygen atoms in total. The quantitative estimate of drug-likeness (QED) is 0.601. The molecule has 0 spiro atoms. The third-order valence-corrected chi connectivity index (χ3v) is 5.12. The Labute approximate surface area is 170 Å². The molecular weight excluding hydrogens is 368 g/mol. The van der Waals surface area contributed by atoms with Crippen LogP contribution in [-0.4, -0.2) is 63.0 Å². The van der Waals surface area contributed by atoms with Gasteiger partial charge in [0.05, 0.1) is 6.21 Å². The molecule has 2 heterocycles. The zero-order valence-corrected chi connectivity index (χ0v) is 16.4. The molecule has 0 unspecified atom stereocenters. The average Bonchev–Trinajstić information content (AvgIpc) is 2.78. The fraction of sp³-hybridized carbons (Fsp3) is 0.364. The summed E-state index contributed by atoms with van der Waals surface area (Å²) >= 11 is 0. The van der Waals surface area contributed by atoms with E-state index in [9.17, 15) is 4.79 Å². The summed E-state index contributed by atoms with van der Waals surface area (Å²) in [5, 5.41) is 4.06. The van der Waals surface area contributed by atoms with Crippen molar-refractivity contribution in [3.63, 3.8) is 0 Å². The Kier molecular flexibility index (Phi) is 6.26. The van der Waals surface area contributed by atoms with E-state index in [1.54, 1.807) is 6.21 Å². The molecule has 2 aliphatic heterocycles. The van der Waals surface area contributed by atoms with Gasteiger partial charge in [0.15, 0.2) is 11.5 Å². The molecule has 0 saturated carbocycles. The molecule has 7 heteroatoms. The number of fused-ring (bicyclic) bond motifs is 1. The number of para-hydroxylation sites is 1. The van der Waals surface area contributed by atoms with Gasteiger partial charge in [-0.05, 0) is 35.9 Å². The summed E-state index contributed by atoms with van der Waals surface area (Å²) in [6.07, 6.45) is 2.05. The van der Waals surface area contributed by atoms with E-state index in [1.807, 2.05) is 24.3 Å². The average molecular weight is 394 g/mol. The Morgan fingerprint density at radius 3 is 2.55 bits per heavy atom. The molecule has 0 atom stereocenters. The first-order valence-electron chi connectivity index (χ1n) is 10.0. The first-order valence-corrected chi connectivity index (χ1v) is 10.0. The second-order valence-electron chi connectivity index (χ2n) is 7.11. The highest BCUT2D eigenvalue weighted by Gasteiger charge is 2.17. The number of ether oxygens (including phenoxy) is 2. The van der Waals surface area contributed by atoms with Crippen LogP contribution in [0.5, 0.6) is 11.5 Å². The molecular formula is C22H26N4O3. The second kappa shape index (κ2) is 9.43. The van der Waals surface area contributed by atoms with Gasteiger partial charge in [-0.1, -0.05) is 18.2 Å². The van der Waals surface area contributed by atoms with Crippen molar-refractivity contribution >= 4 is 17.8 Å². The van der Waals surface area contributed by atoms with E-state index in [4.69, 9.17) is 9.47 Å². The van der Waals surface area contributed by atoms with Crippen LogP contribution in [0.3, 0.4) is 0 Å². The molecule has 1 fully saturated rings. The first kappa shape index (κ1) is 19.3. The Balaban J connectivity index is 1.17. The van der Waals surface area contributed by atoms with Gasteiger partial charge in [0, 0.05) is 44.8 Å². The van der Waals surface area contributed by atoms with Gasteiger partial charge in [-0.25, -0.2) is 5.43 Å². The maximum absolute atomic E-state index is 12.1. The normalized spacial score (nSPS) is 16.8. The summed E-state index contributed by atoms with van der Waals surface area (Å²) in [5.41, 5.74) is 4.72. The van der Waals surface area contributed by atoms with Crippen molar-refractivity contribution in [1.29, 1.82) is 0 Å². The summed E-state index contributed by atoms with van der Waals surface area (Å²) in [6.45, 7) is 5.74. The Hall–Kier alpha value is -3.06. The lowest BCUT2D eigenvalue weighted by Gasteiger charge is -2.36. The molecule has 1 saturated heterocycles. The van der Waals surface area contributed by atoms with Crippen molar-refractivity contribution in [3.05, 3.63) is 54.1 Å². The number of rotatable bonds is 6. The zero-order chi connectivity index (χ0) is 19.9. The van der Waals surface area contributed by atoms with Crippen molar-refractivity contribution in [2.24, 2.45) is 5.10 Å². The molecule has 4 rings (SSSR count). The summed E-state index contributed by atoms with van der Waals surface area (Å²) < 4.78 is 11.0. The van der Waals surface area contributed by atoms with Crippen LogP contribution in [-0.2, 0) is 4.79 Å². The van der Waals surface area contributed by atoms with Gasteiger partial charge in [-0.3, -0.25) is 9.69 Å². The molecule has 0 aliphatic carbocycles. The Morgan fingerprint density at radius 2 is 1.76 bits per heavy atom. The number of hydrogen-bond acceptors (Lipinski definition) is 6. The van der Waals surface area contributed by atoms with Gasteiger partial charge in [0.25, 0.3) is 0 Å². The van der Waals surface area contributed by atoms with Crippen molar-refractivity contribution in [3.8, 4) is 11.5 Å². The number of anilines is 1. The maximum Gasteiger partial charge on any atom is 0.241 e. The van der Waals surface area contributed by atoms with E-state index in [0.29, 0.717) is 25.4 Å². The molecule has 2 aromatic rings. The number of piperazine rings is 1. The van der Waals surface area contributed by atoms with Crippen LogP contribution in [0.2, 0.25) is 0 Å². The van der Waals surface area contributed by atoms with Crippen molar-refractivity contribution < 1.29 is 14.3 Å². The van der Waals surface area contributed by atoms with E-state index < -0.39 is 0 Å². The highest BCUT2D eigenvalue weighted by Crippen LogP contribution is 2.30. The van der Waals surface area contributed by atoms with E-state index in [2.05, 4.69) is 44.6 Å². The Morgan fingerprint density at radius 1 is 1.00 bits per heavy atom. The van der Waals surface area contributed by atoms with Gasteiger partial charge in [0.1, 0.15) is 13.2 Å². The molecule has 1 N–H and O–H groups in total. The summed E-state index contributed by atoms with van der Waals surface area (Å²) in [4.78, 5) is 16.8. The van der Waals surface area contributed by atoms with Crippen molar-refractivity contribution in [1.82, 2.24) is 10.3 Å². The van der Waals surface area contributed by atoms with E-state index in [-0.39, 0.29) is 5.91 Å². The van der Waals surface area contributed by atoms with Gasteiger partial charge >= 0.3 is 0 Å². The Bertz CT molecular complexity index is 848. The number of benzene rings is 2. The van der Waals surface area contributed by atoms with Crippen LogP contribution in [0, 0.1) is 0 Å². The van der Waals surface area contributed by atoms with Crippen LogP contribution in [0.1, 0.15) is 12.0 Å². The predicted molar refractivity (Wildman–Crippen MR) is 113 cm³/mol. The lowest BCUT2D eigenvalue weighted by Crippen LogP contribution is -2.47. The summed E-state index contributed by atoms with van der Waals surface area (Å²) in [6, 6.07) is 16.0. The van der Waals surface area contributed by atoms with Crippen LogP contribution in [0.15, 0.2) is 53.6 Å². The van der Waals surface area contributed by atoms with Gasteiger partial charge in [-0.2, -0.15) is 5.10 Å². The summed E-state index contributed by atoms with van der Waals surface area (Å²) in [7, 11) is 0. The molecule has 0 radical (unpaired) electrons.